The van der Waals surface area contributed by atoms with Crippen LogP contribution in [0.3, 0.4) is 0 Å². The van der Waals surface area contributed by atoms with E-state index in [1.54, 1.807) is 0 Å². The van der Waals surface area contributed by atoms with Crippen molar-refractivity contribution in [3.05, 3.63) is 29.6 Å². The van der Waals surface area contributed by atoms with Crippen molar-refractivity contribution >= 4 is 11.9 Å². The predicted octanol–water partition coefficient (Wildman–Crippen LogP) is 1.81. The number of hydrogen-bond donors (Lipinski definition) is 2. The van der Waals surface area contributed by atoms with Gasteiger partial charge in [0.1, 0.15) is 17.6 Å². The van der Waals surface area contributed by atoms with Gasteiger partial charge >= 0.3 is 5.97 Å². The Hall–Kier alpha value is -2.15. The molecule has 0 aliphatic carbocycles. The fourth-order valence-corrected chi connectivity index (χ4v) is 3.11. The largest absolute Gasteiger partial charge is 0.496 e. The highest BCUT2D eigenvalue weighted by molar-refractivity contribution is 5.76. The standard InChI is InChI=1S/C17H23FN2O4/c1-11(21)19-10-12-5-7-20(8-6-12)16(17(22)23)14-9-13(18)3-4-15(14)24-2/h3-4,9,12,16H,5-8,10H2,1-2H3,(H,19,21)(H,22,23)/t16-/m1/s1. The second kappa shape index (κ2) is 8.10. The fourth-order valence-electron chi connectivity index (χ4n) is 3.11. The summed E-state index contributed by atoms with van der Waals surface area (Å²) in [5.41, 5.74) is 0.324. The molecule has 1 aliphatic heterocycles. The molecular formula is C17H23FN2O4. The quantitative estimate of drug-likeness (QED) is 0.827. The minimum Gasteiger partial charge on any atom is -0.496 e. The Kier molecular flexibility index (Phi) is 6.14. The highest BCUT2D eigenvalue weighted by Crippen LogP contribution is 2.33. The molecule has 2 N–H and O–H groups in total. The van der Waals surface area contributed by atoms with Crippen LogP contribution in [0.2, 0.25) is 0 Å². The van der Waals surface area contributed by atoms with Gasteiger partial charge < -0.3 is 15.2 Å². The van der Waals surface area contributed by atoms with Gasteiger partial charge in [0.2, 0.25) is 5.91 Å². The van der Waals surface area contributed by atoms with Gasteiger partial charge in [-0.05, 0) is 50.0 Å². The molecule has 24 heavy (non-hydrogen) atoms. The van der Waals surface area contributed by atoms with Crippen LogP contribution < -0.4 is 10.1 Å². The number of nitrogens with one attached hydrogen (secondary N) is 1. The van der Waals surface area contributed by atoms with E-state index in [9.17, 15) is 19.1 Å². The van der Waals surface area contributed by atoms with Crippen LogP contribution in [0, 0.1) is 11.7 Å². The molecule has 0 bridgehead atoms. The summed E-state index contributed by atoms with van der Waals surface area (Å²) in [5.74, 6) is -0.889. The number of carboxylic acid groups (broad SMARTS) is 1. The highest BCUT2D eigenvalue weighted by atomic mass is 19.1. The number of likely N-dealkylation sites (tertiary alicyclic amines) is 1. The molecule has 0 radical (unpaired) electrons. The van der Waals surface area contributed by atoms with Crippen LogP contribution in [0.25, 0.3) is 0 Å². The predicted molar refractivity (Wildman–Crippen MR) is 86.3 cm³/mol. The number of amides is 1. The number of halogens is 1. The summed E-state index contributed by atoms with van der Waals surface area (Å²) in [5, 5.41) is 12.5. The third kappa shape index (κ3) is 4.44. The first-order valence-corrected chi connectivity index (χ1v) is 7.97. The molecule has 2 rings (SSSR count). The van der Waals surface area contributed by atoms with Crippen molar-refractivity contribution in [1.82, 2.24) is 10.2 Å². The maximum Gasteiger partial charge on any atom is 0.325 e. The smallest absolute Gasteiger partial charge is 0.325 e. The molecule has 1 fully saturated rings. The first-order valence-electron chi connectivity index (χ1n) is 7.97. The average molecular weight is 338 g/mol. The van der Waals surface area contributed by atoms with E-state index in [-0.39, 0.29) is 5.91 Å². The molecule has 1 amide bonds. The van der Waals surface area contributed by atoms with Crippen LogP contribution in [-0.4, -0.2) is 48.6 Å². The Bertz CT molecular complexity index is 600. The van der Waals surface area contributed by atoms with Gasteiger partial charge in [-0.25, -0.2) is 4.39 Å². The van der Waals surface area contributed by atoms with Crippen molar-refractivity contribution in [3.8, 4) is 5.75 Å². The van der Waals surface area contributed by atoms with E-state index < -0.39 is 17.8 Å². The van der Waals surface area contributed by atoms with Gasteiger partial charge in [-0.1, -0.05) is 0 Å². The second-order valence-corrected chi connectivity index (χ2v) is 6.04. The number of piperidine rings is 1. The summed E-state index contributed by atoms with van der Waals surface area (Å²) >= 11 is 0. The zero-order valence-electron chi connectivity index (χ0n) is 13.9. The lowest BCUT2D eigenvalue weighted by Gasteiger charge is -2.36. The number of hydrogen-bond acceptors (Lipinski definition) is 4. The highest BCUT2D eigenvalue weighted by Gasteiger charge is 2.33. The van der Waals surface area contributed by atoms with Crippen molar-refractivity contribution < 1.29 is 23.8 Å². The fraction of sp³-hybridized carbons (Fsp3) is 0.529. The number of carbonyl (C=O) groups excluding carboxylic acids is 1. The second-order valence-electron chi connectivity index (χ2n) is 6.04. The Morgan fingerprint density at radius 3 is 2.62 bits per heavy atom. The molecule has 1 aromatic carbocycles. The van der Waals surface area contributed by atoms with E-state index in [0.29, 0.717) is 36.9 Å². The number of methoxy groups -OCH3 is 1. The molecule has 1 atom stereocenters. The molecule has 0 unspecified atom stereocenters. The lowest BCUT2D eigenvalue weighted by Crippen LogP contribution is -2.42. The van der Waals surface area contributed by atoms with E-state index in [1.165, 1.54) is 32.2 Å². The Balaban J connectivity index is 2.12. The van der Waals surface area contributed by atoms with Crippen molar-refractivity contribution in [2.45, 2.75) is 25.8 Å². The molecule has 132 valence electrons. The zero-order valence-corrected chi connectivity index (χ0v) is 13.9. The van der Waals surface area contributed by atoms with Gasteiger partial charge in [-0.3, -0.25) is 14.5 Å². The van der Waals surface area contributed by atoms with Crippen molar-refractivity contribution in [2.75, 3.05) is 26.7 Å². The van der Waals surface area contributed by atoms with E-state index in [4.69, 9.17) is 4.74 Å². The Morgan fingerprint density at radius 1 is 1.42 bits per heavy atom. The molecule has 1 aliphatic rings. The molecule has 1 saturated heterocycles. The van der Waals surface area contributed by atoms with Gasteiger partial charge in [-0.2, -0.15) is 0 Å². The summed E-state index contributed by atoms with van der Waals surface area (Å²) in [7, 11) is 1.44. The van der Waals surface area contributed by atoms with Crippen LogP contribution in [0.1, 0.15) is 31.4 Å². The van der Waals surface area contributed by atoms with Gasteiger partial charge in [0.15, 0.2) is 0 Å². The minimum absolute atomic E-state index is 0.0645. The van der Waals surface area contributed by atoms with E-state index in [1.807, 2.05) is 4.90 Å². The first kappa shape index (κ1) is 18.2. The maximum atomic E-state index is 13.6. The topological polar surface area (TPSA) is 78.9 Å². The van der Waals surface area contributed by atoms with Crippen LogP contribution >= 0.6 is 0 Å². The van der Waals surface area contributed by atoms with Crippen LogP contribution in [0.4, 0.5) is 4.39 Å². The van der Waals surface area contributed by atoms with Crippen LogP contribution in [0.15, 0.2) is 18.2 Å². The van der Waals surface area contributed by atoms with E-state index >= 15 is 0 Å². The van der Waals surface area contributed by atoms with E-state index in [2.05, 4.69) is 5.32 Å². The Morgan fingerprint density at radius 2 is 2.08 bits per heavy atom. The van der Waals surface area contributed by atoms with Crippen molar-refractivity contribution in [1.29, 1.82) is 0 Å². The van der Waals surface area contributed by atoms with Crippen LogP contribution in [0.5, 0.6) is 5.75 Å². The third-order valence-electron chi connectivity index (χ3n) is 4.37. The molecule has 7 heteroatoms. The Labute approximate surface area is 140 Å². The number of benzene rings is 1. The average Bonchev–Trinajstić information content (AvgIpc) is 2.54. The first-order chi connectivity index (χ1) is 11.4. The number of rotatable bonds is 6. The zero-order chi connectivity index (χ0) is 17.7. The van der Waals surface area contributed by atoms with E-state index in [0.717, 1.165) is 12.8 Å². The molecule has 0 aromatic heterocycles. The molecule has 0 saturated carbocycles. The maximum absolute atomic E-state index is 13.6. The number of carboxylic acids is 1. The monoisotopic (exact) mass is 338 g/mol. The molecular weight excluding hydrogens is 315 g/mol. The summed E-state index contributed by atoms with van der Waals surface area (Å²) in [6, 6.07) is 2.98. The van der Waals surface area contributed by atoms with Crippen molar-refractivity contribution in [2.24, 2.45) is 5.92 Å². The lowest BCUT2D eigenvalue weighted by molar-refractivity contribution is -0.144. The lowest BCUT2D eigenvalue weighted by atomic mass is 9.93. The SMILES string of the molecule is COc1ccc(F)cc1[C@H](C(=O)O)N1CCC(CNC(C)=O)CC1. The number of ether oxygens (including phenoxy) is 1. The normalized spacial score (nSPS) is 17.3. The third-order valence-corrected chi connectivity index (χ3v) is 4.37. The van der Waals surface area contributed by atoms with Gasteiger partial charge in [0, 0.05) is 19.0 Å². The molecule has 6 nitrogen and oxygen atoms in total. The number of aliphatic carboxylic acids is 1. The molecule has 1 heterocycles. The summed E-state index contributed by atoms with van der Waals surface area (Å²) in [6.45, 7) is 3.22. The van der Waals surface area contributed by atoms with Crippen LogP contribution in [-0.2, 0) is 9.59 Å². The number of nitrogens with zero attached hydrogens (tertiary/aromatic N) is 1. The molecule has 1 aromatic rings. The van der Waals surface area contributed by atoms with Gasteiger partial charge in [0.05, 0.1) is 7.11 Å². The van der Waals surface area contributed by atoms with Gasteiger partial charge in [0.25, 0.3) is 0 Å². The molecule has 0 spiro atoms. The number of carbonyl (C=O) groups is 2. The summed E-state index contributed by atoms with van der Waals surface area (Å²) in [4.78, 5) is 24.6. The summed E-state index contributed by atoms with van der Waals surface area (Å²) < 4.78 is 18.8. The summed E-state index contributed by atoms with van der Waals surface area (Å²) in [6.07, 6.45) is 1.56. The van der Waals surface area contributed by atoms with Gasteiger partial charge in [-0.15, -0.1) is 0 Å². The van der Waals surface area contributed by atoms with Crippen molar-refractivity contribution in [3.63, 3.8) is 0 Å². The minimum atomic E-state index is -1.03.